The summed E-state index contributed by atoms with van der Waals surface area (Å²) >= 11 is 0. The number of benzene rings is 2. The second kappa shape index (κ2) is 7.03. The molecule has 1 N–H and O–H groups in total. The molecule has 0 aliphatic carbocycles. The molecule has 0 aliphatic heterocycles. The van der Waals surface area contributed by atoms with Crippen molar-refractivity contribution in [1.29, 1.82) is 5.26 Å². The van der Waals surface area contributed by atoms with E-state index in [1.807, 2.05) is 6.07 Å². The summed E-state index contributed by atoms with van der Waals surface area (Å²) < 4.78 is 1.62. The third-order valence-electron chi connectivity index (χ3n) is 3.88. The second-order valence-corrected chi connectivity index (χ2v) is 5.82. The number of hydrogen-bond donors (Lipinski definition) is 1. The molecule has 0 saturated heterocycles. The molecule has 1 heterocycles. The number of aryl methyl sites for hydroxylation is 1. The number of amides is 2. The van der Waals surface area contributed by atoms with Gasteiger partial charge in [-0.05, 0) is 42.5 Å². The van der Waals surface area contributed by atoms with Crippen LogP contribution < -0.4 is 5.32 Å². The van der Waals surface area contributed by atoms with Crippen LogP contribution >= 0.6 is 0 Å². The van der Waals surface area contributed by atoms with E-state index in [9.17, 15) is 9.59 Å². The molecule has 1 aromatic heterocycles. The SMILES string of the molecule is CN(CC(=O)Nc1ccc(C#N)cc1)C(=O)c1ccc2c(c1)nnn2C. The van der Waals surface area contributed by atoms with Gasteiger partial charge in [0.1, 0.15) is 5.52 Å². The van der Waals surface area contributed by atoms with E-state index < -0.39 is 0 Å². The number of rotatable bonds is 4. The summed E-state index contributed by atoms with van der Waals surface area (Å²) in [7, 11) is 3.33. The lowest BCUT2D eigenvalue weighted by molar-refractivity contribution is -0.116. The minimum Gasteiger partial charge on any atom is -0.332 e. The van der Waals surface area contributed by atoms with Crippen molar-refractivity contribution in [3.05, 3.63) is 53.6 Å². The Hall–Kier alpha value is -3.73. The lowest BCUT2D eigenvalue weighted by Crippen LogP contribution is -2.34. The summed E-state index contributed by atoms with van der Waals surface area (Å²) in [6.45, 7) is -0.0999. The fourth-order valence-corrected chi connectivity index (χ4v) is 2.51. The van der Waals surface area contributed by atoms with Gasteiger partial charge < -0.3 is 10.2 Å². The Kier molecular flexibility index (Phi) is 4.62. The van der Waals surface area contributed by atoms with Crippen molar-refractivity contribution in [2.75, 3.05) is 18.9 Å². The van der Waals surface area contributed by atoms with Crippen LogP contribution in [0.2, 0.25) is 0 Å². The van der Waals surface area contributed by atoms with Gasteiger partial charge in [-0.3, -0.25) is 9.59 Å². The first-order valence-corrected chi connectivity index (χ1v) is 7.83. The smallest absolute Gasteiger partial charge is 0.254 e. The minimum atomic E-state index is -0.328. The fraction of sp³-hybridized carbons (Fsp3) is 0.167. The molecule has 8 heteroatoms. The first-order valence-electron chi connectivity index (χ1n) is 7.83. The Labute approximate surface area is 149 Å². The van der Waals surface area contributed by atoms with Gasteiger partial charge >= 0.3 is 0 Å². The van der Waals surface area contributed by atoms with Crippen LogP contribution in [0.25, 0.3) is 11.0 Å². The highest BCUT2D eigenvalue weighted by Gasteiger charge is 2.16. The number of carbonyl (C=O) groups is 2. The molecule has 0 bridgehead atoms. The van der Waals surface area contributed by atoms with Crippen molar-refractivity contribution in [3.8, 4) is 6.07 Å². The number of nitrogens with zero attached hydrogens (tertiary/aromatic N) is 5. The normalized spacial score (nSPS) is 10.3. The Balaban J connectivity index is 1.65. The molecule has 2 aromatic carbocycles. The van der Waals surface area contributed by atoms with E-state index in [0.29, 0.717) is 22.3 Å². The predicted molar refractivity (Wildman–Crippen MR) is 95.3 cm³/mol. The zero-order chi connectivity index (χ0) is 18.7. The van der Waals surface area contributed by atoms with Crippen molar-refractivity contribution in [1.82, 2.24) is 19.9 Å². The number of nitrogens with one attached hydrogen (secondary N) is 1. The highest BCUT2D eigenvalue weighted by atomic mass is 16.2. The number of carbonyl (C=O) groups excluding carboxylic acids is 2. The van der Waals surface area contributed by atoms with Crippen LogP contribution in [0.1, 0.15) is 15.9 Å². The molecule has 26 heavy (non-hydrogen) atoms. The molecular weight excluding hydrogens is 332 g/mol. The Morgan fingerprint density at radius 2 is 1.96 bits per heavy atom. The van der Waals surface area contributed by atoms with Gasteiger partial charge in [0, 0.05) is 25.3 Å². The van der Waals surface area contributed by atoms with E-state index in [-0.39, 0.29) is 18.4 Å². The van der Waals surface area contributed by atoms with Gasteiger partial charge in [-0.2, -0.15) is 5.26 Å². The van der Waals surface area contributed by atoms with Crippen molar-refractivity contribution < 1.29 is 9.59 Å². The van der Waals surface area contributed by atoms with E-state index in [4.69, 9.17) is 5.26 Å². The minimum absolute atomic E-state index is 0.0999. The van der Waals surface area contributed by atoms with Gasteiger partial charge in [0.15, 0.2) is 0 Å². The first kappa shape index (κ1) is 17.1. The second-order valence-electron chi connectivity index (χ2n) is 5.82. The van der Waals surface area contributed by atoms with Gasteiger partial charge in [0.25, 0.3) is 5.91 Å². The van der Waals surface area contributed by atoms with Crippen LogP contribution in [0.5, 0.6) is 0 Å². The lowest BCUT2D eigenvalue weighted by Gasteiger charge is -2.17. The first-order chi connectivity index (χ1) is 12.5. The van der Waals surface area contributed by atoms with Crippen molar-refractivity contribution in [2.24, 2.45) is 7.05 Å². The van der Waals surface area contributed by atoms with Crippen LogP contribution in [0.15, 0.2) is 42.5 Å². The maximum Gasteiger partial charge on any atom is 0.254 e. The molecule has 8 nitrogen and oxygen atoms in total. The number of likely N-dealkylation sites (N-methyl/N-ethyl adjacent to an activating group) is 1. The number of fused-ring (bicyclic) bond motifs is 1. The molecule has 0 spiro atoms. The van der Waals surface area contributed by atoms with Crippen LogP contribution in [0, 0.1) is 11.3 Å². The van der Waals surface area contributed by atoms with Crippen molar-refractivity contribution >= 4 is 28.5 Å². The van der Waals surface area contributed by atoms with Crippen LogP contribution in [-0.4, -0.2) is 45.3 Å². The summed E-state index contributed by atoms with van der Waals surface area (Å²) in [4.78, 5) is 26.0. The Morgan fingerprint density at radius 3 is 2.65 bits per heavy atom. The molecule has 130 valence electrons. The zero-order valence-corrected chi connectivity index (χ0v) is 14.3. The summed E-state index contributed by atoms with van der Waals surface area (Å²) in [5.74, 6) is -0.612. The largest absolute Gasteiger partial charge is 0.332 e. The topological polar surface area (TPSA) is 104 Å². The fourth-order valence-electron chi connectivity index (χ4n) is 2.51. The molecule has 0 atom stereocenters. The predicted octanol–water partition coefficient (Wildman–Crippen LogP) is 1.55. The molecule has 0 fully saturated rings. The van der Waals surface area contributed by atoms with Crippen LogP contribution in [0.3, 0.4) is 0 Å². The molecule has 0 radical (unpaired) electrons. The molecule has 3 rings (SSSR count). The average Bonchev–Trinajstić information content (AvgIpc) is 3.02. The maximum absolute atomic E-state index is 12.5. The number of nitriles is 1. The molecule has 2 amide bonds. The van der Waals surface area contributed by atoms with E-state index >= 15 is 0 Å². The number of anilines is 1. The van der Waals surface area contributed by atoms with Gasteiger partial charge in [0.05, 0.1) is 23.7 Å². The number of hydrogen-bond acceptors (Lipinski definition) is 5. The standard InChI is InChI=1S/C18H16N6O2/c1-23(11-17(25)20-14-6-3-12(10-19)4-7-14)18(26)13-5-8-16-15(9-13)21-22-24(16)2/h3-9H,11H2,1-2H3,(H,20,25). The van der Waals surface area contributed by atoms with E-state index in [0.717, 1.165) is 5.52 Å². The summed E-state index contributed by atoms with van der Waals surface area (Å²) in [6, 6.07) is 13.6. The van der Waals surface area contributed by atoms with Crippen LogP contribution in [0.4, 0.5) is 5.69 Å². The van der Waals surface area contributed by atoms with Crippen molar-refractivity contribution in [3.63, 3.8) is 0 Å². The van der Waals surface area contributed by atoms with E-state index in [1.165, 1.54) is 4.90 Å². The molecule has 0 unspecified atom stereocenters. The van der Waals surface area contributed by atoms with Gasteiger partial charge in [-0.15, -0.1) is 5.10 Å². The maximum atomic E-state index is 12.5. The molecule has 0 saturated carbocycles. The van der Waals surface area contributed by atoms with Gasteiger partial charge in [0.2, 0.25) is 5.91 Å². The molecule has 0 aliphatic rings. The third kappa shape index (κ3) is 3.52. The Bertz CT molecular complexity index is 1020. The monoisotopic (exact) mass is 348 g/mol. The molecular formula is C18H16N6O2. The number of aromatic nitrogens is 3. The van der Waals surface area contributed by atoms with Gasteiger partial charge in [-0.25, -0.2) is 4.68 Å². The summed E-state index contributed by atoms with van der Waals surface area (Å²) in [5.41, 5.74) is 2.95. The summed E-state index contributed by atoms with van der Waals surface area (Å²) in [6.07, 6.45) is 0. The highest BCUT2D eigenvalue weighted by molar-refractivity contribution is 6.00. The zero-order valence-electron chi connectivity index (χ0n) is 14.3. The summed E-state index contributed by atoms with van der Waals surface area (Å²) in [5, 5.41) is 19.4. The third-order valence-corrected chi connectivity index (χ3v) is 3.88. The van der Waals surface area contributed by atoms with E-state index in [2.05, 4.69) is 15.6 Å². The Morgan fingerprint density at radius 1 is 1.23 bits per heavy atom. The molecule has 3 aromatic rings. The highest BCUT2D eigenvalue weighted by Crippen LogP contribution is 2.14. The van der Waals surface area contributed by atoms with E-state index in [1.54, 1.807) is 61.2 Å². The van der Waals surface area contributed by atoms with Crippen LogP contribution in [-0.2, 0) is 11.8 Å². The quantitative estimate of drug-likeness (QED) is 0.770. The average molecular weight is 348 g/mol. The van der Waals surface area contributed by atoms with Gasteiger partial charge in [-0.1, -0.05) is 5.21 Å². The van der Waals surface area contributed by atoms with Crippen molar-refractivity contribution in [2.45, 2.75) is 0 Å². The lowest BCUT2D eigenvalue weighted by atomic mass is 10.1.